The Bertz CT molecular complexity index is 671. The van der Waals surface area contributed by atoms with E-state index in [0.29, 0.717) is 11.3 Å². The van der Waals surface area contributed by atoms with Crippen LogP contribution in [-0.4, -0.2) is 18.4 Å². The maximum atomic E-state index is 12.0. The van der Waals surface area contributed by atoms with Crippen LogP contribution >= 0.6 is 0 Å². The molecular weight excluding hydrogens is 292 g/mol. The number of rotatable bonds is 7. The molecule has 2 amide bonds. The molecule has 1 atom stereocenters. The van der Waals surface area contributed by atoms with Crippen LogP contribution in [0, 0.1) is 0 Å². The van der Waals surface area contributed by atoms with Gasteiger partial charge in [0.2, 0.25) is 5.91 Å². The standard InChI is InChI=1S/C18H20N2O3/c1-13(14-7-3-2-4-8-14)20-18(22)12-23-16-10-6-5-9-15(16)11-17(19)21/h2-10,13H,11-12H2,1H3,(H2,19,21)(H,20,22). The molecule has 23 heavy (non-hydrogen) atoms. The summed E-state index contributed by atoms with van der Waals surface area (Å²) >= 11 is 0. The largest absolute Gasteiger partial charge is 0.483 e. The Hall–Kier alpha value is -2.82. The molecule has 2 aromatic rings. The van der Waals surface area contributed by atoms with Gasteiger partial charge in [-0.2, -0.15) is 0 Å². The highest BCUT2D eigenvalue weighted by Crippen LogP contribution is 2.18. The van der Waals surface area contributed by atoms with Crippen LogP contribution in [0.5, 0.6) is 5.75 Å². The molecule has 5 heteroatoms. The third-order valence-corrected chi connectivity index (χ3v) is 3.37. The fraction of sp³-hybridized carbons (Fsp3) is 0.222. The van der Waals surface area contributed by atoms with E-state index in [9.17, 15) is 9.59 Å². The summed E-state index contributed by atoms with van der Waals surface area (Å²) in [5, 5.41) is 2.87. The van der Waals surface area contributed by atoms with Crippen LogP contribution in [0.15, 0.2) is 54.6 Å². The average Bonchev–Trinajstić information content (AvgIpc) is 2.54. The third-order valence-electron chi connectivity index (χ3n) is 3.37. The average molecular weight is 312 g/mol. The van der Waals surface area contributed by atoms with Crippen LogP contribution in [0.3, 0.4) is 0 Å². The summed E-state index contributed by atoms with van der Waals surface area (Å²) in [6.07, 6.45) is 0.0816. The van der Waals surface area contributed by atoms with E-state index in [2.05, 4.69) is 5.32 Å². The van der Waals surface area contributed by atoms with E-state index >= 15 is 0 Å². The molecule has 3 N–H and O–H groups in total. The molecule has 2 rings (SSSR count). The molecule has 0 spiro atoms. The Morgan fingerprint density at radius 2 is 1.74 bits per heavy atom. The van der Waals surface area contributed by atoms with E-state index in [4.69, 9.17) is 10.5 Å². The smallest absolute Gasteiger partial charge is 0.258 e. The van der Waals surface area contributed by atoms with Gasteiger partial charge in [0, 0.05) is 5.56 Å². The van der Waals surface area contributed by atoms with Crippen LogP contribution in [0.4, 0.5) is 0 Å². The Morgan fingerprint density at radius 1 is 1.09 bits per heavy atom. The van der Waals surface area contributed by atoms with E-state index in [-0.39, 0.29) is 25.0 Å². The van der Waals surface area contributed by atoms with Crippen molar-refractivity contribution in [3.05, 3.63) is 65.7 Å². The minimum absolute atomic E-state index is 0.0816. The molecule has 0 bridgehead atoms. The Kier molecular flexibility index (Phi) is 5.74. The number of nitrogens with two attached hydrogens (primary N) is 1. The molecule has 0 heterocycles. The second-order valence-electron chi connectivity index (χ2n) is 5.24. The van der Waals surface area contributed by atoms with Gasteiger partial charge in [-0.05, 0) is 18.6 Å². The van der Waals surface area contributed by atoms with Gasteiger partial charge in [0.15, 0.2) is 6.61 Å². The molecule has 1 unspecified atom stereocenters. The SMILES string of the molecule is CC(NC(=O)COc1ccccc1CC(N)=O)c1ccccc1. The lowest BCUT2D eigenvalue weighted by atomic mass is 10.1. The van der Waals surface area contributed by atoms with Gasteiger partial charge in [-0.25, -0.2) is 0 Å². The fourth-order valence-corrected chi connectivity index (χ4v) is 2.23. The minimum Gasteiger partial charge on any atom is -0.483 e. The zero-order chi connectivity index (χ0) is 16.7. The molecule has 0 fully saturated rings. The molecule has 0 saturated carbocycles. The fourth-order valence-electron chi connectivity index (χ4n) is 2.23. The first-order valence-corrected chi connectivity index (χ1v) is 7.39. The van der Waals surface area contributed by atoms with Crippen molar-refractivity contribution < 1.29 is 14.3 Å². The summed E-state index contributed by atoms with van der Waals surface area (Å²) in [6, 6.07) is 16.6. The first kappa shape index (κ1) is 16.5. The highest BCUT2D eigenvalue weighted by atomic mass is 16.5. The van der Waals surface area contributed by atoms with Crippen LogP contribution < -0.4 is 15.8 Å². The van der Waals surface area contributed by atoms with Crippen LogP contribution in [0.2, 0.25) is 0 Å². The van der Waals surface area contributed by atoms with Gasteiger partial charge >= 0.3 is 0 Å². The van der Waals surface area contributed by atoms with Gasteiger partial charge in [0.05, 0.1) is 12.5 Å². The summed E-state index contributed by atoms with van der Waals surface area (Å²) in [4.78, 5) is 23.1. The number of hydrogen-bond donors (Lipinski definition) is 2. The quantitative estimate of drug-likeness (QED) is 0.820. The number of primary amides is 1. The minimum atomic E-state index is -0.441. The highest BCUT2D eigenvalue weighted by Gasteiger charge is 2.11. The number of carbonyl (C=O) groups excluding carboxylic acids is 2. The second kappa shape index (κ2) is 7.98. The van der Waals surface area contributed by atoms with Crippen LogP contribution in [0.25, 0.3) is 0 Å². The highest BCUT2D eigenvalue weighted by molar-refractivity contribution is 5.79. The first-order valence-electron chi connectivity index (χ1n) is 7.39. The second-order valence-corrected chi connectivity index (χ2v) is 5.24. The lowest BCUT2D eigenvalue weighted by Crippen LogP contribution is -2.31. The van der Waals surface area contributed by atoms with Gasteiger partial charge in [-0.3, -0.25) is 9.59 Å². The van der Waals surface area contributed by atoms with Gasteiger partial charge < -0.3 is 15.8 Å². The molecule has 0 saturated heterocycles. The number of ether oxygens (including phenoxy) is 1. The van der Waals surface area contributed by atoms with Crippen LogP contribution in [-0.2, 0) is 16.0 Å². The molecule has 2 aromatic carbocycles. The molecular formula is C18H20N2O3. The molecule has 0 aliphatic rings. The van der Waals surface area contributed by atoms with Crippen LogP contribution in [0.1, 0.15) is 24.1 Å². The van der Waals surface area contributed by atoms with E-state index < -0.39 is 5.91 Å². The predicted molar refractivity (Wildman–Crippen MR) is 87.8 cm³/mol. The number of para-hydroxylation sites is 1. The lowest BCUT2D eigenvalue weighted by molar-refractivity contribution is -0.123. The van der Waals surface area contributed by atoms with Crippen molar-refractivity contribution in [1.82, 2.24) is 5.32 Å². The zero-order valence-electron chi connectivity index (χ0n) is 13.0. The molecule has 5 nitrogen and oxygen atoms in total. The van der Waals surface area contributed by atoms with E-state index in [1.807, 2.05) is 37.3 Å². The Morgan fingerprint density at radius 3 is 2.43 bits per heavy atom. The Labute approximate surface area is 135 Å². The molecule has 120 valence electrons. The normalized spacial score (nSPS) is 11.5. The molecule has 0 aromatic heterocycles. The zero-order valence-corrected chi connectivity index (χ0v) is 13.0. The van der Waals surface area contributed by atoms with Gasteiger partial charge in [-0.15, -0.1) is 0 Å². The van der Waals surface area contributed by atoms with Crippen molar-refractivity contribution in [2.45, 2.75) is 19.4 Å². The number of amides is 2. The van der Waals surface area contributed by atoms with Crippen molar-refractivity contribution >= 4 is 11.8 Å². The Balaban J connectivity index is 1.91. The van der Waals surface area contributed by atoms with Crippen molar-refractivity contribution in [1.29, 1.82) is 0 Å². The number of hydrogen-bond acceptors (Lipinski definition) is 3. The van der Waals surface area contributed by atoms with Crippen molar-refractivity contribution in [3.63, 3.8) is 0 Å². The van der Waals surface area contributed by atoms with Gasteiger partial charge in [0.1, 0.15) is 5.75 Å². The summed E-state index contributed by atoms with van der Waals surface area (Å²) in [7, 11) is 0. The van der Waals surface area contributed by atoms with Crippen molar-refractivity contribution in [2.24, 2.45) is 5.73 Å². The molecule has 0 aliphatic heterocycles. The van der Waals surface area contributed by atoms with E-state index in [1.165, 1.54) is 0 Å². The first-order chi connectivity index (χ1) is 11.1. The van der Waals surface area contributed by atoms with Crippen molar-refractivity contribution in [2.75, 3.05) is 6.61 Å². The number of benzene rings is 2. The maximum Gasteiger partial charge on any atom is 0.258 e. The molecule has 0 radical (unpaired) electrons. The summed E-state index contributed by atoms with van der Waals surface area (Å²) in [5.74, 6) is -0.174. The maximum absolute atomic E-state index is 12.0. The number of nitrogens with one attached hydrogen (secondary N) is 1. The molecule has 0 aliphatic carbocycles. The predicted octanol–water partition coefficient (Wildman–Crippen LogP) is 1.97. The van der Waals surface area contributed by atoms with E-state index in [0.717, 1.165) is 5.56 Å². The third kappa shape index (κ3) is 5.14. The van der Waals surface area contributed by atoms with Gasteiger partial charge in [0.25, 0.3) is 5.91 Å². The number of carbonyl (C=O) groups is 2. The van der Waals surface area contributed by atoms with Gasteiger partial charge in [-0.1, -0.05) is 48.5 Å². The summed E-state index contributed by atoms with van der Waals surface area (Å²) in [5.41, 5.74) is 6.90. The lowest BCUT2D eigenvalue weighted by Gasteiger charge is -2.15. The van der Waals surface area contributed by atoms with Crippen molar-refractivity contribution in [3.8, 4) is 5.75 Å². The summed E-state index contributed by atoms with van der Waals surface area (Å²) in [6.45, 7) is 1.79. The monoisotopic (exact) mass is 312 g/mol. The summed E-state index contributed by atoms with van der Waals surface area (Å²) < 4.78 is 5.52. The topological polar surface area (TPSA) is 81.4 Å². The van der Waals surface area contributed by atoms with E-state index in [1.54, 1.807) is 24.3 Å².